The molecule has 3 nitrogen and oxygen atoms in total. The van der Waals surface area contributed by atoms with Gasteiger partial charge in [-0.2, -0.15) is 5.26 Å². The van der Waals surface area contributed by atoms with Gasteiger partial charge < -0.3 is 10.4 Å². The lowest BCUT2D eigenvalue weighted by atomic mass is 10.1. The molecule has 2 rings (SSSR count). The number of nitriles is 1. The number of aliphatic hydroxyl groups is 1. The third-order valence-electron chi connectivity index (χ3n) is 2.38. The van der Waals surface area contributed by atoms with Gasteiger partial charge in [-0.3, -0.25) is 0 Å². The Hall–Kier alpha value is -1.83. The maximum absolute atomic E-state index is 9.20. The zero-order chi connectivity index (χ0) is 12.1. The summed E-state index contributed by atoms with van der Waals surface area (Å²) in [6.45, 7) is 0.521. The van der Waals surface area contributed by atoms with Crippen LogP contribution in [-0.2, 0) is 0 Å². The van der Waals surface area contributed by atoms with Crippen molar-refractivity contribution in [2.45, 2.75) is 0 Å². The van der Waals surface area contributed by atoms with Crippen LogP contribution in [0.1, 0.15) is 5.56 Å². The molecule has 4 heteroatoms. The Morgan fingerprint density at radius 2 is 2.06 bits per heavy atom. The van der Waals surface area contributed by atoms with Crippen LogP contribution in [0.5, 0.6) is 0 Å². The Morgan fingerprint density at radius 3 is 2.71 bits per heavy atom. The Kier molecular flexibility index (Phi) is 3.76. The molecule has 1 aromatic heterocycles. The molecule has 0 saturated carbocycles. The number of benzene rings is 1. The Bertz CT molecular complexity index is 528. The molecule has 0 saturated heterocycles. The molecule has 86 valence electrons. The van der Waals surface area contributed by atoms with Crippen molar-refractivity contribution in [3.8, 4) is 17.2 Å². The molecule has 0 aliphatic carbocycles. The van der Waals surface area contributed by atoms with Crippen molar-refractivity contribution < 1.29 is 5.11 Å². The summed E-state index contributed by atoms with van der Waals surface area (Å²) < 4.78 is 0. The molecule has 0 unspecified atom stereocenters. The zero-order valence-electron chi connectivity index (χ0n) is 9.18. The number of thiophene rings is 1. The number of rotatable bonds is 4. The summed E-state index contributed by atoms with van der Waals surface area (Å²) in [7, 11) is 0. The van der Waals surface area contributed by atoms with Crippen molar-refractivity contribution >= 4 is 16.3 Å². The molecule has 0 spiro atoms. The van der Waals surface area contributed by atoms with E-state index in [1.165, 1.54) is 11.3 Å². The van der Waals surface area contributed by atoms with Gasteiger partial charge in [-0.1, -0.05) is 30.3 Å². The molecule has 0 fully saturated rings. The predicted octanol–water partition coefficient (Wildman–Crippen LogP) is 2.69. The first-order chi connectivity index (χ1) is 8.36. The first kappa shape index (κ1) is 11.6. The third kappa shape index (κ3) is 2.47. The summed E-state index contributed by atoms with van der Waals surface area (Å²) in [5.41, 5.74) is 2.63. The van der Waals surface area contributed by atoms with Gasteiger partial charge in [0.25, 0.3) is 0 Å². The SMILES string of the molecule is N#Cc1c(-c2ccccc2)csc1NCCO. The summed E-state index contributed by atoms with van der Waals surface area (Å²) in [4.78, 5) is 0. The van der Waals surface area contributed by atoms with Crippen molar-refractivity contribution in [2.75, 3.05) is 18.5 Å². The highest BCUT2D eigenvalue weighted by atomic mass is 32.1. The van der Waals surface area contributed by atoms with Crippen LogP contribution < -0.4 is 5.32 Å². The number of aliphatic hydroxyl groups excluding tert-OH is 1. The normalized spacial score (nSPS) is 9.88. The maximum atomic E-state index is 9.20. The summed E-state index contributed by atoms with van der Waals surface area (Å²) in [6.07, 6.45) is 0. The van der Waals surface area contributed by atoms with E-state index in [1.54, 1.807) is 0 Å². The summed E-state index contributed by atoms with van der Waals surface area (Å²) in [6, 6.07) is 12.0. The molecular weight excluding hydrogens is 232 g/mol. The van der Waals surface area contributed by atoms with Gasteiger partial charge in [0.2, 0.25) is 0 Å². The van der Waals surface area contributed by atoms with Crippen molar-refractivity contribution in [3.63, 3.8) is 0 Å². The van der Waals surface area contributed by atoms with E-state index in [9.17, 15) is 5.26 Å². The molecule has 0 aliphatic heterocycles. The molecule has 0 bridgehead atoms. The quantitative estimate of drug-likeness (QED) is 0.869. The minimum Gasteiger partial charge on any atom is -0.395 e. The van der Waals surface area contributed by atoms with E-state index < -0.39 is 0 Å². The minimum atomic E-state index is 0.0590. The fourth-order valence-electron chi connectivity index (χ4n) is 1.60. The lowest BCUT2D eigenvalue weighted by molar-refractivity contribution is 0.311. The molecule has 0 aliphatic rings. The summed E-state index contributed by atoms with van der Waals surface area (Å²) >= 11 is 1.49. The van der Waals surface area contributed by atoms with Gasteiger partial charge in [0.1, 0.15) is 11.1 Å². The highest BCUT2D eigenvalue weighted by Crippen LogP contribution is 2.34. The minimum absolute atomic E-state index is 0.0590. The van der Waals surface area contributed by atoms with Gasteiger partial charge in [0, 0.05) is 17.5 Å². The maximum Gasteiger partial charge on any atom is 0.107 e. The van der Waals surface area contributed by atoms with Crippen molar-refractivity contribution in [2.24, 2.45) is 0 Å². The topological polar surface area (TPSA) is 56.0 Å². The first-order valence-electron chi connectivity index (χ1n) is 5.28. The second-order valence-electron chi connectivity index (χ2n) is 3.48. The van der Waals surface area contributed by atoms with Crippen LogP contribution >= 0.6 is 11.3 Å². The van der Waals surface area contributed by atoms with E-state index in [2.05, 4.69) is 11.4 Å². The number of hydrogen-bond donors (Lipinski definition) is 2. The fraction of sp³-hybridized carbons (Fsp3) is 0.154. The lowest BCUT2D eigenvalue weighted by Crippen LogP contribution is -2.04. The number of nitrogens with zero attached hydrogens (tertiary/aromatic N) is 1. The van der Waals surface area contributed by atoms with Gasteiger partial charge in [0.15, 0.2) is 0 Å². The van der Waals surface area contributed by atoms with Gasteiger partial charge in [-0.25, -0.2) is 0 Å². The van der Waals surface area contributed by atoms with Crippen LogP contribution in [0.15, 0.2) is 35.7 Å². The molecule has 0 atom stereocenters. The van der Waals surface area contributed by atoms with Crippen molar-refractivity contribution in [1.82, 2.24) is 0 Å². The third-order valence-corrected chi connectivity index (χ3v) is 3.32. The first-order valence-corrected chi connectivity index (χ1v) is 6.16. The standard InChI is InChI=1S/C13H12N2OS/c14-8-11-12(10-4-2-1-3-5-10)9-17-13(11)15-6-7-16/h1-5,9,15-16H,6-7H2. The second kappa shape index (κ2) is 5.48. The number of hydrogen-bond acceptors (Lipinski definition) is 4. The second-order valence-corrected chi connectivity index (χ2v) is 4.36. The molecule has 0 amide bonds. The van der Waals surface area contributed by atoms with E-state index in [4.69, 9.17) is 5.11 Å². The average molecular weight is 244 g/mol. The van der Waals surface area contributed by atoms with Crippen molar-refractivity contribution in [1.29, 1.82) is 5.26 Å². The highest BCUT2D eigenvalue weighted by Gasteiger charge is 2.12. The van der Waals surface area contributed by atoms with E-state index in [0.29, 0.717) is 12.1 Å². The van der Waals surface area contributed by atoms with Crippen LogP contribution in [-0.4, -0.2) is 18.3 Å². The number of nitrogens with one attached hydrogen (secondary N) is 1. The van der Waals surface area contributed by atoms with Crippen LogP contribution in [0.4, 0.5) is 5.00 Å². The van der Waals surface area contributed by atoms with Crippen molar-refractivity contribution in [3.05, 3.63) is 41.3 Å². The fourth-order valence-corrected chi connectivity index (χ4v) is 2.55. The van der Waals surface area contributed by atoms with Gasteiger partial charge >= 0.3 is 0 Å². The monoisotopic (exact) mass is 244 g/mol. The molecule has 2 N–H and O–H groups in total. The van der Waals surface area contributed by atoms with E-state index in [1.807, 2.05) is 35.7 Å². The van der Waals surface area contributed by atoms with Gasteiger partial charge in [0.05, 0.1) is 12.2 Å². The van der Waals surface area contributed by atoms with Crippen LogP contribution in [0.25, 0.3) is 11.1 Å². The lowest BCUT2D eigenvalue weighted by Gasteiger charge is -2.02. The number of anilines is 1. The smallest absolute Gasteiger partial charge is 0.107 e. The van der Waals surface area contributed by atoms with E-state index in [-0.39, 0.29) is 6.61 Å². The Morgan fingerprint density at radius 1 is 1.29 bits per heavy atom. The molecular formula is C13H12N2OS. The summed E-state index contributed by atoms with van der Waals surface area (Å²) in [5.74, 6) is 0. The summed E-state index contributed by atoms with van der Waals surface area (Å²) in [5, 5.41) is 23.8. The molecule has 17 heavy (non-hydrogen) atoms. The van der Waals surface area contributed by atoms with Crippen LogP contribution in [0.3, 0.4) is 0 Å². The molecule has 1 aromatic carbocycles. The van der Waals surface area contributed by atoms with Crippen LogP contribution in [0, 0.1) is 11.3 Å². The van der Waals surface area contributed by atoms with Crippen LogP contribution in [0.2, 0.25) is 0 Å². The molecule has 0 radical (unpaired) electrons. The van der Waals surface area contributed by atoms with Gasteiger partial charge in [-0.05, 0) is 5.56 Å². The molecule has 1 heterocycles. The zero-order valence-corrected chi connectivity index (χ0v) is 10.00. The predicted molar refractivity (Wildman–Crippen MR) is 70.0 cm³/mol. The largest absolute Gasteiger partial charge is 0.395 e. The van der Waals surface area contributed by atoms with Gasteiger partial charge in [-0.15, -0.1) is 11.3 Å². The Balaban J connectivity index is 2.37. The van der Waals surface area contributed by atoms with E-state index >= 15 is 0 Å². The molecule has 2 aromatic rings. The van der Waals surface area contributed by atoms with E-state index in [0.717, 1.165) is 16.1 Å². The average Bonchev–Trinajstić information content (AvgIpc) is 2.80. The Labute approximate surface area is 104 Å². The highest BCUT2D eigenvalue weighted by molar-refractivity contribution is 7.14.